The normalized spacial score (nSPS) is 14.6. The molecule has 0 fully saturated rings. The van der Waals surface area contributed by atoms with E-state index in [-0.39, 0.29) is 19.4 Å². The second kappa shape index (κ2) is 36.9. The summed E-state index contributed by atoms with van der Waals surface area (Å²) in [6, 6.07) is -1.53. The van der Waals surface area contributed by atoms with Crippen LogP contribution in [-0.4, -0.2) is 59.9 Å². The number of carbonyl (C=O) groups excluding carboxylic acids is 2. The topological polar surface area (TPSA) is 172 Å². The third-order valence-corrected chi connectivity index (χ3v) is 9.01. The Bertz CT molecular complexity index is 1190. The van der Waals surface area contributed by atoms with Crippen LogP contribution in [0, 0.1) is 0 Å². The van der Waals surface area contributed by atoms with Gasteiger partial charge in [-0.2, -0.15) is 0 Å². The van der Waals surface area contributed by atoms with Gasteiger partial charge >= 0.3 is 25.7 Å². The third-order valence-electron chi connectivity index (χ3n) is 8.06. The zero-order valence-electron chi connectivity index (χ0n) is 33.0. The van der Waals surface area contributed by atoms with Crippen LogP contribution in [0.2, 0.25) is 0 Å². The molecule has 0 amide bonds. The molecule has 0 aromatic carbocycles. The molecule has 1 unspecified atom stereocenters. The number of carboxylic acids is 1. The Morgan fingerprint density at radius 1 is 0.593 bits per heavy atom. The predicted octanol–water partition coefficient (Wildman–Crippen LogP) is 10.2. The van der Waals surface area contributed by atoms with E-state index in [1.165, 1.54) is 25.7 Å². The van der Waals surface area contributed by atoms with Crippen LogP contribution in [0.4, 0.5) is 0 Å². The maximum absolute atomic E-state index is 12.6. The summed E-state index contributed by atoms with van der Waals surface area (Å²) >= 11 is 0. The molecule has 0 bridgehead atoms. The molecule has 0 aliphatic heterocycles. The van der Waals surface area contributed by atoms with E-state index in [2.05, 4.69) is 54.8 Å². The van der Waals surface area contributed by atoms with Crippen LogP contribution in [0.5, 0.6) is 0 Å². The lowest BCUT2D eigenvalue weighted by Crippen LogP contribution is -2.34. The van der Waals surface area contributed by atoms with E-state index in [9.17, 15) is 23.8 Å². The molecule has 12 heteroatoms. The summed E-state index contributed by atoms with van der Waals surface area (Å²) in [6.45, 7) is 2.58. The number of rotatable bonds is 36. The fourth-order valence-electron chi connectivity index (χ4n) is 4.89. The first kappa shape index (κ1) is 50.9. The molecule has 0 aliphatic carbocycles. The Labute approximate surface area is 325 Å². The Morgan fingerprint density at radius 2 is 1.04 bits per heavy atom. The quantitative estimate of drug-likeness (QED) is 0.0239. The van der Waals surface area contributed by atoms with Gasteiger partial charge in [0.1, 0.15) is 12.6 Å². The van der Waals surface area contributed by atoms with Gasteiger partial charge in [0.15, 0.2) is 6.10 Å². The van der Waals surface area contributed by atoms with E-state index < -0.39 is 51.1 Å². The number of allylic oxidation sites excluding steroid dienone is 12. The lowest BCUT2D eigenvalue weighted by molar-refractivity contribution is -0.161. The number of carboxylic acid groups (broad SMARTS) is 1. The SMILES string of the molecule is CC/C=C/C=C/C=C/C=C/CCCCCCCC(=O)OC[C@H](COP(=O)(O)OC[C@H](N)C(=O)O)OC(=O)CCCCCCC/C=C/C=C/CCCCCC. The van der Waals surface area contributed by atoms with Crippen molar-refractivity contribution in [3.63, 3.8) is 0 Å². The second-order valence-corrected chi connectivity index (χ2v) is 14.6. The Balaban J connectivity index is 4.50. The number of aliphatic carboxylic acids is 1. The second-order valence-electron chi connectivity index (χ2n) is 13.2. The van der Waals surface area contributed by atoms with Crippen molar-refractivity contribution in [3.8, 4) is 0 Å². The Kier molecular flexibility index (Phi) is 34.8. The zero-order valence-corrected chi connectivity index (χ0v) is 33.9. The molecule has 0 aromatic heterocycles. The molecule has 308 valence electrons. The predicted molar refractivity (Wildman–Crippen MR) is 217 cm³/mol. The molecular weight excluding hydrogens is 709 g/mol. The van der Waals surface area contributed by atoms with E-state index in [1.54, 1.807) is 0 Å². The molecule has 0 aliphatic rings. The van der Waals surface area contributed by atoms with Gasteiger partial charge in [-0.05, 0) is 57.8 Å². The monoisotopic (exact) mass is 779 g/mol. The minimum absolute atomic E-state index is 0.134. The van der Waals surface area contributed by atoms with Gasteiger partial charge in [-0.1, -0.05) is 145 Å². The number of hydrogen-bond donors (Lipinski definition) is 3. The van der Waals surface area contributed by atoms with Gasteiger partial charge in [-0.25, -0.2) is 4.57 Å². The minimum Gasteiger partial charge on any atom is -0.480 e. The number of phosphoric ester groups is 1. The summed E-state index contributed by atoms with van der Waals surface area (Å²) in [7, 11) is -4.73. The van der Waals surface area contributed by atoms with Crippen LogP contribution < -0.4 is 5.73 Å². The highest BCUT2D eigenvalue weighted by atomic mass is 31.2. The smallest absolute Gasteiger partial charge is 0.472 e. The van der Waals surface area contributed by atoms with E-state index in [0.717, 1.165) is 77.0 Å². The molecule has 0 spiro atoms. The summed E-state index contributed by atoms with van der Waals surface area (Å²) in [5, 5.41) is 8.87. The highest BCUT2D eigenvalue weighted by molar-refractivity contribution is 7.47. The number of hydrogen-bond acceptors (Lipinski definition) is 9. The van der Waals surface area contributed by atoms with Crippen molar-refractivity contribution < 1.29 is 47.5 Å². The van der Waals surface area contributed by atoms with Crippen LogP contribution in [0.15, 0.2) is 72.9 Å². The van der Waals surface area contributed by atoms with Gasteiger partial charge in [-0.3, -0.25) is 23.4 Å². The minimum atomic E-state index is -4.73. The highest BCUT2D eigenvalue weighted by Gasteiger charge is 2.28. The summed E-state index contributed by atoms with van der Waals surface area (Å²) in [5.41, 5.74) is 5.32. The molecule has 0 aromatic rings. The van der Waals surface area contributed by atoms with Crippen molar-refractivity contribution in [3.05, 3.63) is 72.9 Å². The van der Waals surface area contributed by atoms with Crippen molar-refractivity contribution in [2.24, 2.45) is 5.73 Å². The largest absolute Gasteiger partial charge is 0.480 e. The van der Waals surface area contributed by atoms with E-state index >= 15 is 0 Å². The fraction of sp³-hybridized carbons (Fsp3) is 0.643. The van der Waals surface area contributed by atoms with Gasteiger partial charge in [0.05, 0.1) is 13.2 Å². The molecule has 0 saturated carbocycles. The Hall–Kier alpha value is -3.08. The Morgan fingerprint density at radius 3 is 1.57 bits per heavy atom. The van der Waals surface area contributed by atoms with Crippen molar-refractivity contribution in [1.29, 1.82) is 0 Å². The van der Waals surface area contributed by atoms with Crippen LogP contribution in [0.1, 0.15) is 142 Å². The molecule has 3 atom stereocenters. The molecule has 0 saturated heterocycles. The number of nitrogens with two attached hydrogens (primary N) is 1. The summed E-state index contributed by atoms with van der Waals surface area (Å²) in [4.78, 5) is 45.8. The molecule has 54 heavy (non-hydrogen) atoms. The van der Waals surface area contributed by atoms with E-state index in [0.29, 0.717) is 12.8 Å². The summed E-state index contributed by atoms with van der Waals surface area (Å²) in [6.07, 6.45) is 42.5. The number of unbranched alkanes of at least 4 members (excludes halogenated alkanes) is 14. The van der Waals surface area contributed by atoms with Gasteiger partial charge < -0.3 is 25.2 Å². The van der Waals surface area contributed by atoms with E-state index in [4.69, 9.17) is 24.8 Å². The van der Waals surface area contributed by atoms with Crippen molar-refractivity contribution in [1.82, 2.24) is 0 Å². The van der Waals surface area contributed by atoms with Crippen LogP contribution in [-0.2, 0) is 37.5 Å². The molecular formula is C42H70NO10P. The molecule has 4 N–H and O–H groups in total. The summed E-state index contributed by atoms with van der Waals surface area (Å²) in [5.74, 6) is -2.44. The average molecular weight is 780 g/mol. The number of phosphoric acid groups is 1. The van der Waals surface area contributed by atoms with Gasteiger partial charge in [-0.15, -0.1) is 0 Å². The van der Waals surface area contributed by atoms with Crippen molar-refractivity contribution >= 4 is 25.7 Å². The standard InChI is InChI=1S/C42H70NO10P/c1-3-5-7-9-11-13-15-17-19-21-23-25-27-29-31-33-40(44)50-35-38(36-51-54(48,49)52-37-39(43)42(46)47)53-41(45)34-32-30-28-26-24-22-20-18-16-14-12-10-8-6-4-2/h5,7,9,11,13-20,38-39H,3-4,6,8,10,12,21-37,43H2,1-2H3,(H,46,47)(H,48,49)/b7-5+,11-9+,15-13+,16-14+,19-17+,20-18+/t38-,39+/m1/s1. The van der Waals surface area contributed by atoms with Crippen LogP contribution in [0.25, 0.3) is 0 Å². The van der Waals surface area contributed by atoms with Gasteiger partial charge in [0.2, 0.25) is 0 Å². The van der Waals surface area contributed by atoms with Crippen LogP contribution in [0.3, 0.4) is 0 Å². The lowest BCUT2D eigenvalue weighted by atomic mass is 10.1. The maximum atomic E-state index is 12.6. The highest BCUT2D eigenvalue weighted by Crippen LogP contribution is 2.43. The zero-order chi connectivity index (χ0) is 40.0. The first-order chi connectivity index (χ1) is 26.1. The first-order valence-electron chi connectivity index (χ1n) is 20.0. The molecule has 11 nitrogen and oxygen atoms in total. The third kappa shape index (κ3) is 35.9. The number of ether oxygens (including phenoxy) is 2. The molecule has 0 rings (SSSR count). The lowest BCUT2D eigenvalue weighted by Gasteiger charge is -2.20. The fourth-order valence-corrected chi connectivity index (χ4v) is 5.67. The number of carbonyl (C=O) groups is 3. The van der Waals surface area contributed by atoms with Gasteiger partial charge in [0, 0.05) is 12.8 Å². The number of esters is 2. The van der Waals surface area contributed by atoms with Crippen molar-refractivity contribution in [2.45, 2.75) is 154 Å². The van der Waals surface area contributed by atoms with Crippen molar-refractivity contribution in [2.75, 3.05) is 19.8 Å². The first-order valence-corrected chi connectivity index (χ1v) is 21.5. The average Bonchev–Trinajstić information content (AvgIpc) is 3.14. The molecule has 0 radical (unpaired) electrons. The molecule has 0 heterocycles. The van der Waals surface area contributed by atoms with Crippen LogP contribution >= 0.6 is 7.82 Å². The van der Waals surface area contributed by atoms with E-state index in [1.807, 2.05) is 36.5 Å². The van der Waals surface area contributed by atoms with Gasteiger partial charge in [0.25, 0.3) is 0 Å². The maximum Gasteiger partial charge on any atom is 0.472 e. The summed E-state index contributed by atoms with van der Waals surface area (Å²) < 4.78 is 32.6.